The molecule has 0 spiro atoms. The Hall–Kier alpha value is -1.67. The Kier molecular flexibility index (Phi) is 10.5. The molecule has 0 fully saturated rings. The van der Waals surface area contributed by atoms with Gasteiger partial charge in [0, 0.05) is 12.0 Å². The molecular weight excluding hydrogens is 370 g/mol. The number of carbonyl (C=O) groups excluding carboxylic acids is 3. The lowest BCUT2D eigenvalue weighted by molar-refractivity contribution is -0.176. The summed E-state index contributed by atoms with van der Waals surface area (Å²) in [5.74, 6) is -3.64. The number of amides is 1. The van der Waals surface area contributed by atoms with Crippen LogP contribution >= 0.6 is 0 Å². The van der Waals surface area contributed by atoms with Crippen LogP contribution in [-0.4, -0.2) is 104 Å². The molecule has 0 saturated carbocycles. The zero-order valence-electron chi connectivity index (χ0n) is 15.0. The highest BCUT2D eigenvalue weighted by Crippen LogP contribution is 2.19. The molecule has 0 radical (unpaired) electrons. The topological polar surface area (TPSA) is 214 Å². The quantitative estimate of drug-likeness (QED) is 0.123. The van der Waals surface area contributed by atoms with E-state index in [4.69, 9.17) is 15.3 Å². The van der Waals surface area contributed by atoms with Gasteiger partial charge in [-0.2, -0.15) is 0 Å². The van der Waals surface area contributed by atoms with E-state index in [0.29, 0.717) is 0 Å². The monoisotopic (exact) mass is 397 g/mol. The van der Waals surface area contributed by atoms with Crippen molar-refractivity contribution in [2.75, 3.05) is 19.8 Å². The van der Waals surface area contributed by atoms with Gasteiger partial charge in [0.15, 0.2) is 6.10 Å². The average Bonchev–Trinajstić information content (AvgIpc) is 2.64. The molecule has 0 aromatic rings. The van der Waals surface area contributed by atoms with Gasteiger partial charge in [-0.1, -0.05) is 13.8 Å². The smallest absolute Gasteiger partial charge is 0.345 e. The zero-order valence-corrected chi connectivity index (χ0v) is 15.0. The number of ether oxygens (including phenoxy) is 1. The lowest BCUT2D eigenvalue weighted by Crippen LogP contribution is -2.49. The molecule has 27 heavy (non-hydrogen) atoms. The van der Waals surface area contributed by atoms with Crippen LogP contribution in [0.3, 0.4) is 0 Å². The van der Waals surface area contributed by atoms with Gasteiger partial charge in [0.2, 0.25) is 5.91 Å². The first kappa shape index (κ1) is 25.3. The molecule has 12 nitrogen and oxygen atoms in total. The van der Waals surface area contributed by atoms with Crippen molar-refractivity contribution < 1.29 is 54.9 Å². The van der Waals surface area contributed by atoms with E-state index in [1.165, 1.54) is 13.8 Å². The minimum atomic E-state index is -2.37. The Morgan fingerprint density at radius 1 is 1.00 bits per heavy atom. The van der Waals surface area contributed by atoms with E-state index in [2.05, 4.69) is 10.1 Å². The zero-order chi connectivity index (χ0) is 21.4. The van der Waals surface area contributed by atoms with E-state index >= 15 is 0 Å². The average molecular weight is 397 g/mol. The maximum atomic E-state index is 11.7. The summed E-state index contributed by atoms with van der Waals surface area (Å²) >= 11 is 0. The van der Waals surface area contributed by atoms with Crippen LogP contribution in [-0.2, 0) is 19.1 Å². The molecule has 0 aliphatic rings. The van der Waals surface area contributed by atoms with Crippen molar-refractivity contribution in [1.29, 1.82) is 0 Å². The number of nitrogens with one attached hydrogen (secondary N) is 1. The van der Waals surface area contributed by atoms with Gasteiger partial charge in [-0.3, -0.25) is 9.59 Å². The lowest BCUT2D eigenvalue weighted by Gasteiger charge is -2.27. The molecule has 12 heteroatoms. The van der Waals surface area contributed by atoms with Crippen LogP contribution in [0.5, 0.6) is 0 Å². The van der Waals surface area contributed by atoms with Gasteiger partial charge in [-0.05, 0) is 0 Å². The van der Waals surface area contributed by atoms with Crippen LogP contribution in [0.2, 0.25) is 0 Å². The molecule has 8 N–H and O–H groups in total. The SMILES string of the molecule is CC(C)(CO)[C@@H](O)C(=O)NCCC(=O)OC(=O)[C@H](O)[C@@H](O)[C@H](O)[C@H](O)CO. The number of rotatable bonds is 11. The van der Waals surface area contributed by atoms with Crippen molar-refractivity contribution in [3.63, 3.8) is 0 Å². The molecule has 0 aliphatic heterocycles. The first-order chi connectivity index (χ1) is 12.4. The molecule has 5 atom stereocenters. The van der Waals surface area contributed by atoms with Gasteiger partial charge >= 0.3 is 11.9 Å². The van der Waals surface area contributed by atoms with Crippen molar-refractivity contribution in [3.8, 4) is 0 Å². The molecule has 0 saturated heterocycles. The summed E-state index contributed by atoms with van der Waals surface area (Å²) in [7, 11) is 0. The molecule has 0 aliphatic carbocycles. The maximum absolute atomic E-state index is 11.7. The predicted molar refractivity (Wildman–Crippen MR) is 86.7 cm³/mol. The molecule has 158 valence electrons. The highest BCUT2D eigenvalue weighted by Gasteiger charge is 2.36. The molecular formula is C15H27NO11. The highest BCUT2D eigenvalue weighted by molar-refractivity contribution is 5.88. The standard InChI is InChI=1S/C15H27NO11/c1-15(2,6-18)12(24)13(25)16-4-3-8(20)27-14(26)11(23)10(22)9(21)7(19)5-17/h7,9-12,17-19,21-24H,3-6H2,1-2H3,(H,16,25)/t7-,9-,10+,11-,12+/m1/s1. The number of aliphatic hydroxyl groups excluding tert-OH is 7. The van der Waals surface area contributed by atoms with Crippen LogP contribution in [0.4, 0.5) is 0 Å². The van der Waals surface area contributed by atoms with Gasteiger partial charge in [-0.15, -0.1) is 0 Å². The second-order valence-corrected chi connectivity index (χ2v) is 6.56. The summed E-state index contributed by atoms with van der Waals surface area (Å²) in [6.45, 7) is 1.15. The van der Waals surface area contributed by atoms with Gasteiger partial charge in [-0.25, -0.2) is 4.79 Å². The number of hydrogen-bond acceptors (Lipinski definition) is 11. The second kappa shape index (κ2) is 11.2. The van der Waals surface area contributed by atoms with Crippen molar-refractivity contribution >= 4 is 17.8 Å². The van der Waals surface area contributed by atoms with Crippen molar-refractivity contribution in [2.24, 2.45) is 5.41 Å². The van der Waals surface area contributed by atoms with E-state index in [1.807, 2.05) is 0 Å². The molecule has 0 bridgehead atoms. The summed E-state index contributed by atoms with van der Waals surface area (Å²) in [5, 5.41) is 67.1. The molecule has 0 aromatic heterocycles. The minimum absolute atomic E-state index is 0.325. The first-order valence-electron chi connectivity index (χ1n) is 8.03. The normalized spacial score (nSPS) is 17.4. The Labute approximate surface area is 155 Å². The molecule has 0 rings (SSSR count). The van der Waals surface area contributed by atoms with Crippen molar-refractivity contribution in [3.05, 3.63) is 0 Å². The van der Waals surface area contributed by atoms with Gasteiger partial charge in [0.25, 0.3) is 0 Å². The van der Waals surface area contributed by atoms with E-state index < -0.39 is 73.4 Å². The Bertz CT molecular complexity index is 510. The summed E-state index contributed by atoms with van der Waals surface area (Å²) < 4.78 is 4.23. The Morgan fingerprint density at radius 2 is 1.56 bits per heavy atom. The van der Waals surface area contributed by atoms with Crippen LogP contribution in [0.25, 0.3) is 0 Å². The van der Waals surface area contributed by atoms with Crippen LogP contribution < -0.4 is 5.32 Å². The number of aliphatic hydroxyl groups is 7. The number of esters is 2. The fraction of sp³-hybridized carbons (Fsp3) is 0.800. The van der Waals surface area contributed by atoms with Gasteiger partial charge in [0.05, 0.1) is 19.6 Å². The van der Waals surface area contributed by atoms with Crippen LogP contribution in [0.1, 0.15) is 20.3 Å². The van der Waals surface area contributed by atoms with E-state index in [9.17, 15) is 34.8 Å². The third kappa shape index (κ3) is 7.84. The van der Waals surface area contributed by atoms with Crippen LogP contribution in [0, 0.1) is 5.41 Å². The third-order valence-corrected chi connectivity index (χ3v) is 3.74. The van der Waals surface area contributed by atoms with E-state index in [1.54, 1.807) is 0 Å². The summed E-state index contributed by atoms with van der Waals surface area (Å²) in [4.78, 5) is 34.7. The van der Waals surface area contributed by atoms with Gasteiger partial charge < -0.3 is 45.8 Å². The van der Waals surface area contributed by atoms with E-state index in [-0.39, 0.29) is 6.54 Å². The summed E-state index contributed by atoms with van der Waals surface area (Å²) in [6, 6.07) is 0. The maximum Gasteiger partial charge on any atom is 0.345 e. The largest absolute Gasteiger partial charge is 0.396 e. The van der Waals surface area contributed by atoms with Crippen molar-refractivity contribution in [2.45, 2.75) is 50.8 Å². The lowest BCUT2D eigenvalue weighted by atomic mass is 9.87. The molecule has 0 unspecified atom stereocenters. The van der Waals surface area contributed by atoms with Crippen LogP contribution in [0.15, 0.2) is 0 Å². The number of carbonyl (C=O) groups is 3. The summed E-state index contributed by atoms with van der Waals surface area (Å²) in [5.41, 5.74) is -1.11. The van der Waals surface area contributed by atoms with Gasteiger partial charge in [0.1, 0.15) is 24.4 Å². The minimum Gasteiger partial charge on any atom is -0.396 e. The highest BCUT2D eigenvalue weighted by atomic mass is 16.6. The molecule has 0 aromatic carbocycles. The fourth-order valence-corrected chi connectivity index (χ4v) is 1.71. The summed E-state index contributed by atoms with van der Waals surface area (Å²) in [6.07, 6.45) is -10.5. The Morgan fingerprint density at radius 3 is 2.04 bits per heavy atom. The second-order valence-electron chi connectivity index (χ2n) is 6.56. The van der Waals surface area contributed by atoms with E-state index in [0.717, 1.165) is 0 Å². The molecule has 1 amide bonds. The third-order valence-electron chi connectivity index (χ3n) is 3.74. The fourth-order valence-electron chi connectivity index (χ4n) is 1.71. The molecule has 0 heterocycles. The number of hydrogen-bond donors (Lipinski definition) is 8. The van der Waals surface area contributed by atoms with Crippen molar-refractivity contribution in [1.82, 2.24) is 5.32 Å². The predicted octanol–water partition coefficient (Wildman–Crippen LogP) is -4.62. The Balaban J connectivity index is 4.43. The first-order valence-corrected chi connectivity index (χ1v) is 8.03.